The summed E-state index contributed by atoms with van der Waals surface area (Å²) in [5.74, 6) is 1.23. The molecule has 1 saturated heterocycles. The lowest BCUT2D eigenvalue weighted by Crippen LogP contribution is -2.23. The molecule has 0 saturated carbocycles. The monoisotopic (exact) mass is 350 g/mol. The first kappa shape index (κ1) is 18.9. The van der Waals surface area contributed by atoms with Gasteiger partial charge in [0.1, 0.15) is 0 Å². The summed E-state index contributed by atoms with van der Waals surface area (Å²) in [4.78, 5) is 6.75. The highest BCUT2D eigenvalue weighted by Crippen LogP contribution is 2.34. The summed E-state index contributed by atoms with van der Waals surface area (Å²) in [5.41, 5.74) is 8.47. The van der Waals surface area contributed by atoms with Gasteiger partial charge in [0.15, 0.2) is 5.82 Å². The van der Waals surface area contributed by atoms with Crippen LogP contribution in [0.4, 0.5) is 0 Å². The third-order valence-electron chi connectivity index (χ3n) is 4.55. The van der Waals surface area contributed by atoms with Crippen molar-refractivity contribution >= 4 is 12.4 Å². The van der Waals surface area contributed by atoms with Gasteiger partial charge in [0.25, 0.3) is 0 Å². The molecule has 2 heterocycles. The molecule has 5 nitrogen and oxygen atoms in total. The van der Waals surface area contributed by atoms with Crippen molar-refractivity contribution in [3.05, 3.63) is 47.1 Å². The highest BCUT2D eigenvalue weighted by Gasteiger charge is 2.27. The maximum absolute atomic E-state index is 5.53. The summed E-state index contributed by atoms with van der Waals surface area (Å²) in [6, 6.07) is 9.49. The van der Waals surface area contributed by atoms with Crippen molar-refractivity contribution in [2.75, 3.05) is 6.54 Å². The van der Waals surface area contributed by atoms with E-state index in [9.17, 15) is 0 Å². The molecule has 0 aliphatic carbocycles. The third kappa shape index (κ3) is 4.15. The average molecular weight is 351 g/mol. The molecule has 1 fully saturated rings. The lowest BCUT2D eigenvalue weighted by Gasteiger charge is -2.25. The van der Waals surface area contributed by atoms with Gasteiger partial charge in [0.05, 0.1) is 13.1 Å². The van der Waals surface area contributed by atoms with Crippen molar-refractivity contribution in [3.8, 4) is 0 Å². The molecule has 2 aromatic rings. The van der Waals surface area contributed by atoms with Crippen molar-refractivity contribution in [1.29, 1.82) is 0 Å². The zero-order chi connectivity index (χ0) is 16.4. The summed E-state index contributed by atoms with van der Waals surface area (Å²) in [7, 11) is 0. The van der Waals surface area contributed by atoms with Crippen LogP contribution in [0.15, 0.2) is 28.8 Å². The number of benzene rings is 1. The standard InChI is InChI=1S/C18H26N4O.ClH/c1-18(2,3)14-8-6-13(7-9-14)15-5-4-10-22(15)12-16-20-17(11-19)23-21-16;/h6-9,15H,4-5,10-12,19H2,1-3H3;1H. The van der Waals surface area contributed by atoms with E-state index in [-0.39, 0.29) is 17.8 Å². The van der Waals surface area contributed by atoms with Crippen LogP contribution in [0, 0.1) is 0 Å². The second-order valence-corrected chi connectivity index (χ2v) is 7.31. The average Bonchev–Trinajstić information content (AvgIpc) is 3.16. The Labute approximate surface area is 150 Å². The van der Waals surface area contributed by atoms with Crippen LogP contribution in [0.2, 0.25) is 0 Å². The lowest BCUT2D eigenvalue weighted by molar-refractivity contribution is 0.238. The zero-order valence-corrected chi connectivity index (χ0v) is 15.5. The second kappa shape index (κ2) is 7.64. The molecule has 3 rings (SSSR count). The molecule has 6 heteroatoms. The van der Waals surface area contributed by atoms with Gasteiger partial charge in [0, 0.05) is 6.04 Å². The molecule has 0 bridgehead atoms. The Morgan fingerprint density at radius 3 is 2.54 bits per heavy atom. The van der Waals surface area contributed by atoms with E-state index >= 15 is 0 Å². The van der Waals surface area contributed by atoms with E-state index in [1.165, 1.54) is 24.0 Å². The summed E-state index contributed by atoms with van der Waals surface area (Å²) in [6.07, 6.45) is 2.38. The van der Waals surface area contributed by atoms with E-state index in [1.54, 1.807) is 0 Å². The quantitative estimate of drug-likeness (QED) is 0.912. The van der Waals surface area contributed by atoms with Gasteiger partial charge in [0.2, 0.25) is 5.89 Å². The van der Waals surface area contributed by atoms with E-state index in [0.717, 1.165) is 18.9 Å². The molecule has 0 spiro atoms. The Kier molecular flexibility index (Phi) is 6.01. The summed E-state index contributed by atoms with van der Waals surface area (Å²) >= 11 is 0. The molecule has 0 amide bonds. The Morgan fingerprint density at radius 1 is 1.25 bits per heavy atom. The first-order valence-corrected chi connectivity index (χ1v) is 8.33. The largest absolute Gasteiger partial charge is 0.338 e. The highest BCUT2D eigenvalue weighted by atomic mass is 35.5. The number of rotatable bonds is 4. The van der Waals surface area contributed by atoms with Gasteiger partial charge < -0.3 is 10.3 Å². The number of halogens is 1. The van der Waals surface area contributed by atoms with Crippen LogP contribution in [0.3, 0.4) is 0 Å². The number of nitrogens with zero attached hydrogens (tertiary/aromatic N) is 3. The Hall–Kier alpha value is -1.43. The summed E-state index contributed by atoms with van der Waals surface area (Å²) in [6.45, 7) is 8.82. The third-order valence-corrected chi connectivity index (χ3v) is 4.55. The van der Waals surface area contributed by atoms with Gasteiger partial charge in [-0.2, -0.15) is 4.98 Å². The molecular weight excluding hydrogens is 324 g/mol. The van der Waals surface area contributed by atoms with E-state index in [0.29, 0.717) is 18.5 Å². The molecule has 2 N–H and O–H groups in total. The maximum atomic E-state index is 5.53. The molecule has 1 aromatic heterocycles. The Bertz CT molecular complexity index is 648. The van der Waals surface area contributed by atoms with Gasteiger partial charge in [-0.05, 0) is 35.9 Å². The number of hydrogen-bond acceptors (Lipinski definition) is 5. The van der Waals surface area contributed by atoms with Crippen LogP contribution in [0.1, 0.15) is 62.5 Å². The first-order chi connectivity index (χ1) is 11.0. The van der Waals surface area contributed by atoms with Crippen molar-refractivity contribution in [3.63, 3.8) is 0 Å². The predicted octanol–water partition coefficient (Wildman–Crippen LogP) is 3.58. The van der Waals surface area contributed by atoms with Crippen molar-refractivity contribution in [1.82, 2.24) is 15.0 Å². The lowest BCUT2D eigenvalue weighted by atomic mass is 9.86. The van der Waals surface area contributed by atoms with Crippen LogP contribution in [0.5, 0.6) is 0 Å². The first-order valence-electron chi connectivity index (χ1n) is 8.33. The number of aromatic nitrogens is 2. The van der Waals surface area contributed by atoms with Gasteiger partial charge in [-0.1, -0.05) is 50.2 Å². The summed E-state index contributed by atoms with van der Waals surface area (Å²) in [5, 5.41) is 4.02. The number of likely N-dealkylation sites (tertiary alicyclic amines) is 1. The van der Waals surface area contributed by atoms with Gasteiger partial charge in [-0.25, -0.2) is 0 Å². The minimum atomic E-state index is 0. The number of hydrogen-bond donors (Lipinski definition) is 1. The van der Waals surface area contributed by atoms with Crippen molar-refractivity contribution < 1.29 is 4.52 Å². The molecule has 1 aliphatic rings. The van der Waals surface area contributed by atoms with Crippen molar-refractivity contribution in [2.45, 2.75) is 58.2 Å². The van der Waals surface area contributed by atoms with Crippen LogP contribution in [0.25, 0.3) is 0 Å². The van der Waals surface area contributed by atoms with Crippen molar-refractivity contribution in [2.24, 2.45) is 5.73 Å². The van der Waals surface area contributed by atoms with Crippen LogP contribution >= 0.6 is 12.4 Å². The fraction of sp³-hybridized carbons (Fsp3) is 0.556. The molecule has 0 radical (unpaired) electrons. The second-order valence-electron chi connectivity index (χ2n) is 7.31. The SMILES string of the molecule is CC(C)(C)c1ccc(C2CCCN2Cc2noc(CN)n2)cc1.Cl. The fourth-order valence-electron chi connectivity index (χ4n) is 3.22. The molecular formula is C18H27ClN4O. The minimum absolute atomic E-state index is 0. The van der Waals surface area contributed by atoms with Gasteiger partial charge >= 0.3 is 0 Å². The fourth-order valence-corrected chi connectivity index (χ4v) is 3.22. The van der Waals surface area contributed by atoms with Crippen LogP contribution < -0.4 is 5.73 Å². The minimum Gasteiger partial charge on any atom is -0.338 e. The smallest absolute Gasteiger partial charge is 0.240 e. The van der Waals surface area contributed by atoms with Crippen LogP contribution in [-0.4, -0.2) is 21.6 Å². The molecule has 24 heavy (non-hydrogen) atoms. The molecule has 1 aromatic carbocycles. The van der Waals surface area contributed by atoms with E-state index in [1.807, 2.05) is 0 Å². The highest BCUT2D eigenvalue weighted by molar-refractivity contribution is 5.85. The molecule has 132 valence electrons. The predicted molar refractivity (Wildman–Crippen MR) is 97.0 cm³/mol. The van der Waals surface area contributed by atoms with E-state index in [2.05, 4.69) is 60.1 Å². The van der Waals surface area contributed by atoms with Gasteiger partial charge in [-0.3, -0.25) is 4.90 Å². The molecule has 1 aliphatic heterocycles. The molecule has 1 atom stereocenters. The van der Waals surface area contributed by atoms with E-state index in [4.69, 9.17) is 10.3 Å². The normalized spacial score (nSPS) is 18.6. The van der Waals surface area contributed by atoms with Gasteiger partial charge in [-0.15, -0.1) is 12.4 Å². The summed E-state index contributed by atoms with van der Waals surface area (Å²) < 4.78 is 5.11. The zero-order valence-electron chi connectivity index (χ0n) is 14.7. The molecule has 1 unspecified atom stereocenters. The topological polar surface area (TPSA) is 68.2 Å². The maximum Gasteiger partial charge on any atom is 0.240 e. The van der Waals surface area contributed by atoms with Crippen LogP contribution in [-0.2, 0) is 18.5 Å². The Balaban J connectivity index is 0.00000208. The number of nitrogens with two attached hydrogens (primary N) is 1. The van der Waals surface area contributed by atoms with E-state index < -0.39 is 0 Å². The Morgan fingerprint density at radius 2 is 1.96 bits per heavy atom.